The molecular weight excluding hydrogens is 308 g/mol. The van der Waals surface area contributed by atoms with E-state index < -0.39 is 5.60 Å². The molecule has 4 aliphatic rings. The molecule has 1 N–H and O–H groups in total. The molecule has 0 saturated heterocycles. The smallest absolute Gasteiger partial charge is 0.155 e. The van der Waals surface area contributed by atoms with Gasteiger partial charge in [0.1, 0.15) is 5.60 Å². The maximum Gasteiger partial charge on any atom is 0.155 e. The molecule has 4 aliphatic carbocycles. The van der Waals surface area contributed by atoms with Crippen LogP contribution in [0.4, 0.5) is 0 Å². The van der Waals surface area contributed by atoms with Gasteiger partial charge in [0.15, 0.2) is 5.78 Å². The van der Waals surface area contributed by atoms with E-state index in [0.717, 1.165) is 44.9 Å². The summed E-state index contributed by atoms with van der Waals surface area (Å²) in [4.78, 5) is 11.8. The topological polar surface area (TPSA) is 37.3 Å². The van der Waals surface area contributed by atoms with E-state index in [2.05, 4.69) is 19.4 Å². The predicted molar refractivity (Wildman–Crippen MR) is 102 cm³/mol. The third-order valence-electron chi connectivity index (χ3n) is 7.94. The lowest BCUT2D eigenvalue weighted by molar-refractivity contribution is -0.116. The lowest BCUT2D eigenvalue weighted by Crippen LogP contribution is -2.54. The second kappa shape index (κ2) is 6.13. The van der Waals surface area contributed by atoms with Crippen molar-refractivity contribution in [2.45, 2.75) is 71.3 Å². The monoisotopic (exact) mass is 340 g/mol. The van der Waals surface area contributed by atoms with Crippen molar-refractivity contribution in [2.75, 3.05) is 0 Å². The van der Waals surface area contributed by atoms with Crippen LogP contribution in [-0.4, -0.2) is 16.5 Å². The molecule has 6 atom stereocenters. The van der Waals surface area contributed by atoms with Gasteiger partial charge in [-0.1, -0.05) is 38.0 Å². The van der Waals surface area contributed by atoms with E-state index in [1.807, 2.05) is 6.08 Å². The fourth-order valence-corrected chi connectivity index (χ4v) is 6.90. The Labute approximate surface area is 152 Å². The first-order valence-electron chi connectivity index (χ1n) is 9.57. The average Bonchev–Trinajstić information content (AvgIpc) is 2.88. The maximum absolute atomic E-state index is 11.8. The van der Waals surface area contributed by atoms with E-state index in [4.69, 9.17) is 6.42 Å². The van der Waals surface area contributed by atoms with Crippen molar-refractivity contribution in [3.05, 3.63) is 23.8 Å². The van der Waals surface area contributed by atoms with Crippen molar-refractivity contribution in [1.82, 2.24) is 0 Å². The van der Waals surface area contributed by atoms with Gasteiger partial charge in [-0.15, -0.1) is 6.42 Å². The van der Waals surface area contributed by atoms with Gasteiger partial charge < -0.3 is 5.11 Å². The Kier molecular flexibility index (Phi) is 4.53. The van der Waals surface area contributed by atoms with E-state index in [-0.39, 0.29) is 12.8 Å². The minimum absolute atomic E-state index is 0. The van der Waals surface area contributed by atoms with Crippen molar-refractivity contribution < 1.29 is 9.90 Å². The van der Waals surface area contributed by atoms with Gasteiger partial charge in [-0.2, -0.15) is 0 Å². The SMILES string of the molecule is C.C#C[C@]1(O)CC[C@H]2[C@@H]3CCC4=CC(=O)CC[C@@H]4[C@H]3C(=C)C[C@@]21CC. The van der Waals surface area contributed by atoms with Crippen LogP contribution < -0.4 is 0 Å². The third kappa shape index (κ3) is 2.32. The molecule has 0 aromatic heterocycles. The van der Waals surface area contributed by atoms with Crippen molar-refractivity contribution in [3.63, 3.8) is 0 Å². The fraction of sp³-hybridized carbons (Fsp3) is 0.696. The third-order valence-corrected chi connectivity index (χ3v) is 7.94. The van der Waals surface area contributed by atoms with Gasteiger partial charge >= 0.3 is 0 Å². The van der Waals surface area contributed by atoms with Crippen LogP contribution in [0.5, 0.6) is 0 Å². The number of ketones is 1. The number of fused-ring (bicyclic) bond motifs is 5. The van der Waals surface area contributed by atoms with Gasteiger partial charge in [-0.05, 0) is 74.7 Å². The molecule has 0 heterocycles. The van der Waals surface area contributed by atoms with Gasteiger partial charge in [-0.3, -0.25) is 4.79 Å². The van der Waals surface area contributed by atoms with Crippen molar-refractivity contribution >= 4 is 5.78 Å². The summed E-state index contributed by atoms with van der Waals surface area (Å²) in [6, 6.07) is 0. The zero-order chi connectivity index (χ0) is 17.1. The molecule has 0 spiro atoms. The van der Waals surface area contributed by atoms with E-state index >= 15 is 0 Å². The lowest BCUT2D eigenvalue weighted by Gasteiger charge is -2.56. The molecule has 4 rings (SSSR count). The van der Waals surface area contributed by atoms with E-state index in [0.29, 0.717) is 35.9 Å². The molecule has 0 aliphatic heterocycles. The van der Waals surface area contributed by atoms with Gasteiger partial charge in [0.2, 0.25) is 0 Å². The number of carbonyl (C=O) groups excluding carboxylic acids is 1. The Morgan fingerprint density at radius 3 is 2.80 bits per heavy atom. The first-order valence-corrected chi connectivity index (χ1v) is 9.57. The summed E-state index contributed by atoms with van der Waals surface area (Å²) >= 11 is 0. The van der Waals surface area contributed by atoms with Gasteiger partial charge in [-0.25, -0.2) is 0 Å². The highest BCUT2D eigenvalue weighted by atomic mass is 16.3. The highest BCUT2D eigenvalue weighted by molar-refractivity contribution is 5.91. The number of allylic oxidation sites excluding steroid dienone is 2. The molecule has 3 fully saturated rings. The van der Waals surface area contributed by atoms with Crippen LogP contribution in [0.2, 0.25) is 0 Å². The minimum atomic E-state index is -0.973. The summed E-state index contributed by atoms with van der Waals surface area (Å²) in [6.07, 6.45) is 15.1. The van der Waals surface area contributed by atoms with Gasteiger partial charge in [0, 0.05) is 11.8 Å². The van der Waals surface area contributed by atoms with Crippen LogP contribution in [0.1, 0.15) is 65.7 Å². The minimum Gasteiger partial charge on any atom is -0.377 e. The normalized spacial score (nSPS) is 45.4. The van der Waals surface area contributed by atoms with Crippen molar-refractivity contribution in [1.29, 1.82) is 0 Å². The van der Waals surface area contributed by atoms with Crippen LogP contribution in [0.3, 0.4) is 0 Å². The molecule has 0 bridgehead atoms. The quantitative estimate of drug-likeness (QED) is 0.555. The second-order valence-corrected chi connectivity index (χ2v) is 8.55. The molecule has 2 nitrogen and oxygen atoms in total. The Hall–Kier alpha value is -1.33. The molecule has 25 heavy (non-hydrogen) atoms. The van der Waals surface area contributed by atoms with E-state index in [1.54, 1.807) is 0 Å². The lowest BCUT2D eigenvalue weighted by atomic mass is 9.48. The van der Waals surface area contributed by atoms with Crippen LogP contribution >= 0.6 is 0 Å². The van der Waals surface area contributed by atoms with Crippen LogP contribution in [0.15, 0.2) is 23.8 Å². The first-order chi connectivity index (χ1) is 11.5. The summed E-state index contributed by atoms with van der Waals surface area (Å²) in [7, 11) is 0. The number of rotatable bonds is 1. The number of aliphatic hydroxyl groups is 1. The van der Waals surface area contributed by atoms with Crippen LogP contribution in [-0.2, 0) is 4.79 Å². The highest BCUT2D eigenvalue weighted by Gasteiger charge is 2.64. The zero-order valence-electron chi connectivity index (χ0n) is 14.7. The number of hydrogen-bond donors (Lipinski definition) is 1. The zero-order valence-corrected chi connectivity index (χ0v) is 14.7. The van der Waals surface area contributed by atoms with E-state index in [9.17, 15) is 9.90 Å². The van der Waals surface area contributed by atoms with E-state index in [1.165, 1.54) is 11.1 Å². The predicted octanol–water partition coefficient (Wildman–Crippen LogP) is 4.68. The average molecular weight is 341 g/mol. The summed E-state index contributed by atoms with van der Waals surface area (Å²) < 4.78 is 0. The molecule has 0 unspecified atom stereocenters. The molecule has 3 saturated carbocycles. The summed E-state index contributed by atoms with van der Waals surface area (Å²) in [5.41, 5.74) is 1.48. The molecule has 2 heteroatoms. The van der Waals surface area contributed by atoms with Gasteiger partial charge in [0.25, 0.3) is 0 Å². The Bertz CT molecular complexity index is 666. The summed E-state index contributed by atoms with van der Waals surface area (Å²) in [5, 5.41) is 11.2. The number of hydrogen-bond acceptors (Lipinski definition) is 2. The molecule has 0 aromatic rings. The number of terminal acetylenes is 1. The Balaban J connectivity index is 0.00000182. The highest BCUT2D eigenvalue weighted by Crippen LogP contribution is 2.67. The molecule has 0 amide bonds. The molecule has 0 radical (unpaired) electrons. The molecular formula is C23H32O2. The Morgan fingerprint density at radius 2 is 2.12 bits per heavy atom. The van der Waals surface area contributed by atoms with Crippen LogP contribution in [0.25, 0.3) is 0 Å². The van der Waals surface area contributed by atoms with Gasteiger partial charge in [0.05, 0.1) is 0 Å². The second-order valence-electron chi connectivity index (χ2n) is 8.55. The summed E-state index contributed by atoms with van der Waals surface area (Å²) in [5.74, 6) is 5.13. The van der Waals surface area contributed by atoms with Crippen molar-refractivity contribution in [3.8, 4) is 12.3 Å². The fourth-order valence-electron chi connectivity index (χ4n) is 6.90. The first kappa shape index (κ1) is 18.5. The maximum atomic E-state index is 11.8. The Morgan fingerprint density at radius 1 is 1.36 bits per heavy atom. The van der Waals surface area contributed by atoms with Crippen molar-refractivity contribution in [2.24, 2.45) is 29.1 Å². The number of carbonyl (C=O) groups is 1. The largest absolute Gasteiger partial charge is 0.377 e. The summed E-state index contributed by atoms with van der Waals surface area (Å²) in [6.45, 7) is 6.65. The standard InChI is InChI=1S/C22H28O2.CH4/c1-4-21-13-14(3)20-17-9-7-16(23)12-15(17)6-8-18(20)19(21)10-11-22(21,24)5-2;/h2,12,17-20,24H,3-4,6-11,13H2,1H3;1H4/t17-,18-,19-,20+,21-,22-;/m0./s1. The van der Waals surface area contributed by atoms with Crippen LogP contribution in [0, 0.1) is 41.4 Å². The molecule has 0 aromatic carbocycles. The molecule has 136 valence electrons.